The van der Waals surface area contributed by atoms with Crippen LogP contribution >= 0.6 is 50.6 Å². The molecular weight excluding hydrogens is 548 g/mol. The van der Waals surface area contributed by atoms with Crippen molar-refractivity contribution in [3.63, 3.8) is 0 Å². The number of aliphatic imine (C=N–C) groups is 1. The summed E-state index contributed by atoms with van der Waals surface area (Å²) in [6.45, 7) is 0. The van der Waals surface area contributed by atoms with E-state index in [1.165, 1.54) is 11.1 Å². The highest BCUT2D eigenvalue weighted by Crippen LogP contribution is 2.43. The number of nitrogens with zero attached hydrogens (tertiary/aromatic N) is 2. The lowest BCUT2D eigenvalue weighted by Gasteiger charge is -2.16. The molecule has 34 heavy (non-hydrogen) atoms. The van der Waals surface area contributed by atoms with E-state index in [0.29, 0.717) is 5.56 Å². The van der Waals surface area contributed by atoms with Gasteiger partial charge in [0.1, 0.15) is 5.75 Å². The molecule has 0 bridgehead atoms. The summed E-state index contributed by atoms with van der Waals surface area (Å²) in [4.78, 5) is 9.42. The Morgan fingerprint density at radius 2 is 1.71 bits per heavy atom. The summed E-state index contributed by atoms with van der Waals surface area (Å²) in [5.74, 6) is 0.193. The summed E-state index contributed by atoms with van der Waals surface area (Å²) in [7, 11) is 0. The molecule has 1 N–H and O–H groups in total. The summed E-state index contributed by atoms with van der Waals surface area (Å²) in [6.07, 6.45) is 1.67. The molecule has 0 aliphatic heterocycles. The lowest BCUT2D eigenvalue weighted by Crippen LogP contribution is -1.96. The van der Waals surface area contributed by atoms with Crippen molar-refractivity contribution in [2.75, 3.05) is 0 Å². The minimum absolute atomic E-state index is 0.107. The third-order valence-corrected chi connectivity index (χ3v) is 8.36. The largest absolute Gasteiger partial charge is 0.507 e. The molecule has 0 aliphatic rings. The molecule has 0 saturated carbocycles. The van der Waals surface area contributed by atoms with Gasteiger partial charge in [0.2, 0.25) is 0 Å². The van der Waals surface area contributed by atoms with Gasteiger partial charge >= 0.3 is 0 Å². The van der Waals surface area contributed by atoms with Gasteiger partial charge in [-0.2, -0.15) is 0 Å². The SMILES string of the molecule is Oc1ccc(Br)cc1C=Nc1ccc2nc(S[C@H](c3ccccc3)c3ccc(Cl)cc3)sc2c1. The van der Waals surface area contributed by atoms with Crippen molar-refractivity contribution in [1.82, 2.24) is 4.98 Å². The molecule has 1 aromatic heterocycles. The maximum Gasteiger partial charge on any atom is 0.152 e. The minimum Gasteiger partial charge on any atom is -0.507 e. The fourth-order valence-corrected chi connectivity index (χ4v) is 6.41. The van der Waals surface area contributed by atoms with Crippen LogP contribution < -0.4 is 0 Å². The van der Waals surface area contributed by atoms with Gasteiger partial charge in [-0.05, 0) is 59.7 Å². The fraction of sp³-hybridized carbons (Fsp3) is 0.0370. The molecular formula is C27H18BrClN2OS2. The highest BCUT2D eigenvalue weighted by Gasteiger charge is 2.18. The van der Waals surface area contributed by atoms with E-state index in [1.807, 2.05) is 42.5 Å². The number of phenolic OH excluding ortho intramolecular Hbond substituents is 1. The smallest absolute Gasteiger partial charge is 0.152 e. The topological polar surface area (TPSA) is 45.5 Å². The van der Waals surface area contributed by atoms with Crippen LogP contribution in [0.15, 0.2) is 105 Å². The molecule has 4 aromatic carbocycles. The van der Waals surface area contributed by atoms with Gasteiger partial charge in [0, 0.05) is 21.3 Å². The van der Waals surface area contributed by atoms with Crippen LogP contribution in [0.4, 0.5) is 5.69 Å². The molecule has 1 heterocycles. The Balaban J connectivity index is 1.43. The van der Waals surface area contributed by atoms with E-state index in [1.54, 1.807) is 41.4 Å². The maximum atomic E-state index is 10.0. The van der Waals surface area contributed by atoms with Crippen LogP contribution in [0.25, 0.3) is 10.2 Å². The normalized spacial score (nSPS) is 12.4. The van der Waals surface area contributed by atoms with Crippen LogP contribution in [0.3, 0.4) is 0 Å². The summed E-state index contributed by atoms with van der Waals surface area (Å²) < 4.78 is 2.95. The van der Waals surface area contributed by atoms with Crippen molar-refractivity contribution >= 4 is 72.7 Å². The van der Waals surface area contributed by atoms with Crippen molar-refractivity contribution in [1.29, 1.82) is 0 Å². The molecule has 3 nitrogen and oxygen atoms in total. The Kier molecular flexibility index (Phi) is 7.02. The molecule has 0 spiro atoms. The molecule has 0 fully saturated rings. The summed E-state index contributed by atoms with van der Waals surface area (Å²) in [6, 6.07) is 29.7. The number of rotatable bonds is 6. The molecule has 0 radical (unpaired) electrons. The van der Waals surface area contributed by atoms with Crippen LogP contribution in [-0.4, -0.2) is 16.3 Å². The van der Waals surface area contributed by atoms with Gasteiger partial charge in [-0.3, -0.25) is 4.99 Å². The number of halogens is 2. The Bertz CT molecular complexity index is 1470. The van der Waals surface area contributed by atoms with Gasteiger partial charge in [-0.15, -0.1) is 11.3 Å². The number of fused-ring (bicyclic) bond motifs is 1. The van der Waals surface area contributed by atoms with E-state index >= 15 is 0 Å². The number of thiazole rings is 1. The molecule has 168 valence electrons. The number of hydrogen-bond donors (Lipinski definition) is 1. The number of aromatic hydroxyl groups is 1. The monoisotopic (exact) mass is 564 g/mol. The van der Waals surface area contributed by atoms with Crippen molar-refractivity contribution in [2.24, 2.45) is 4.99 Å². The number of aromatic nitrogens is 1. The van der Waals surface area contributed by atoms with Crippen molar-refractivity contribution in [3.05, 3.63) is 117 Å². The zero-order valence-electron chi connectivity index (χ0n) is 17.7. The van der Waals surface area contributed by atoms with Gasteiger partial charge in [-0.1, -0.05) is 81.8 Å². The average Bonchev–Trinajstić information content (AvgIpc) is 3.26. The van der Waals surface area contributed by atoms with Gasteiger partial charge in [0.05, 0.1) is 21.2 Å². The third-order valence-electron chi connectivity index (χ3n) is 5.19. The van der Waals surface area contributed by atoms with E-state index in [4.69, 9.17) is 16.6 Å². The summed E-state index contributed by atoms with van der Waals surface area (Å²) in [5.41, 5.74) is 4.81. The van der Waals surface area contributed by atoms with E-state index < -0.39 is 0 Å². The summed E-state index contributed by atoms with van der Waals surface area (Å²) in [5, 5.41) is 10.9. The fourth-order valence-electron chi connectivity index (χ4n) is 3.49. The zero-order chi connectivity index (χ0) is 23.5. The minimum atomic E-state index is 0.107. The second kappa shape index (κ2) is 10.3. The molecule has 0 aliphatic carbocycles. The lowest BCUT2D eigenvalue weighted by molar-refractivity contribution is 0.474. The first-order valence-corrected chi connectivity index (χ1v) is 13.3. The number of benzene rings is 4. The van der Waals surface area contributed by atoms with Crippen LogP contribution in [0.5, 0.6) is 5.75 Å². The Morgan fingerprint density at radius 3 is 2.50 bits per heavy atom. The van der Waals surface area contributed by atoms with Crippen molar-refractivity contribution in [2.45, 2.75) is 9.59 Å². The van der Waals surface area contributed by atoms with Gasteiger partial charge in [0.15, 0.2) is 4.34 Å². The Hall–Kier alpha value is -2.64. The second-order valence-corrected chi connectivity index (χ2v) is 11.3. The van der Waals surface area contributed by atoms with Gasteiger partial charge < -0.3 is 5.11 Å². The van der Waals surface area contributed by atoms with Gasteiger partial charge in [-0.25, -0.2) is 4.98 Å². The predicted octanol–water partition coefficient (Wildman–Crippen LogP) is 9.05. The first-order valence-electron chi connectivity index (χ1n) is 10.5. The standard InChI is InChI=1S/C27H18BrClN2OS2/c28-20-8-13-24(32)19(14-20)16-30-22-11-12-23-25(15-22)33-27(31-23)34-26(17-4-2-1-3-5-17)18-6-9-21(29)10-7-18/h1-16,26,32H/t26-/m1/s1. The number of thioether (sulfide) groups is 1. The first kappa shape index (κ1) is 23.1. The van der Waals surface area contributed by atoms with E-state index in [0.717, 1.165) is 29.7 Å². The third kappa shape index (κ3) is 5.36. The highest BCUT2D eigenvalue weighted by atomic mass is 79.9. The molecule has 5 aromatic rings. The molecule has 0 unspecified atom stereocenters. The lowest BCUT2D eigenvalue weighted by atomic mass is 10.0. The molecule has 0 amide bonds. The summed E-state index contributed by atoms with van der Waals surface area (Å²) >= 11 is 12.9. The van der Waals surface area contributed by atoms with Crippen molar-refractivity contribution < 1.29 is 5.11 Å². The van der Waals surface area contributed by atoms with Crippen LogP contribution in [0.1, 0.15) is 21.9 Å². The molecule has 7 heteroatoms. The highest BCUT2D eigenvalue weighted by molar-refractivity contribution is 9.10. The first-order chi connectivity index (χ1) is 16.5. The van der Waals surface area contributed by atoms with E-state index in [9.17, 15) is 5.11 Å². The maximum absolute atomic E-state index is 10.0. The van der Waals surface area contributed by atoms with Crippen LogP contribution in [-0.2, 0) is 0 Å². The van der Waals surface area contributed by atoms with E-state index in [-0.39, 0.29) is 11.0 Å². The Labute approximate surface area is 219 Å². The average molecular weight is 566 g/mol. The van der Waals surface area contributed by atoms with Crippen molar-refractivity contribution in [3.8, 4) is 5.75 Å². The predicted molar refractivity (Wildman–Crippen MR) is 148 cm³/mol. The van der Waals surface area contributed by atoms with Crippen LogP contribution in [0.2, 0.25) is 5.02 Å². The number of phenols is 1. The number of hydrogen-bond acceptors (Lipinski definition) is 5. The zero-order valence-corrected chi connectivity index (χ0v) is 21.7. The van der Waals surface area contributed by atoms with E-state index in [2.05, 4.69) is 57.3 Å². The molecule has 5 rings (SSSR count). The molecule has 0 saturated heterocycles. The Morgan fingerprint density at radius 1 is 0.941 bits per heavy atom. The molecule has 1 atom stereocenters. The second-order valence-electron chi connectivity index (χ2n) is 7.55. The van der Waals surface area contributed by atoms with Gasteiger partial charge in [0.25, 0.3) is 0 Å². The van der Waals surface area contributed by atoms with Crippen LogP contribution in [0, 0.1) is 0 Å². The quantitative estimate of drug-likeness (QED) is 0.165.